The number of amides is 1. The van der Waals surface area contributed by atoms with Crippen LogP contribution >= 0.6 is 0 Å². The molecule has 0 bridgehead atoms. The fourth-order valence-electron chi connectivity index (χ4n) is 2.88. The van der Waals surface area contributed by atoms with E-state index in [1.165, 1.54) is 12.1 Å². The molecule has 1 aliphatic carbocycles. The third kappa shape index (κ3) is 3.45. The summed E-state index contributed by atoms with van der Waals surface area (Å²) in [6.07, 6.45) is -2.14. The average Bonchev–Trinajstić information content (AvgIpc) is 3.37. The van der Waals surface area contributed by atoms with E-state index in [-0.39, 0.29) is 5.91 Å². The van der Waals surface area contributed by atoms with Gasteiger partial charge in [-0.1, -0.05) is 42.5 Å². The zero-order chi connectivity index (χ0) is 17.2. The van der Waals surface area contributed by atoms with E-state index in [0.29, 0.717) is 13.0 Å². The molecule has 0 spiro atoms. The molecule has 0 heterocycles. The zero-order valence-corrected chi connectivity index (χ0v) is 13.1. The molecule has 1 amide bonds. The van der Waals surface area contributed by atoms with Crippen LogP contribution in [0.4, 0.5) is 13.2 Å². The first-order valence-electron chi connectivity index (χ1n) is 7.92. The van der Waals surface area contributed by atoms with E-state index in [4.69, 9.17) is 0 Å². The molecule has 2 aromatic rings. The molecule has 2 aromatic carbocycles. The second kappa shape index (κ2) is 6.30. The molecule has 126 valence electrons. The molecule has 0 unspecified atom stereocenters. The van der Waals surface area contributed by atoms with E-state index in [1.54, 1.807) is 0 Å². The Hall–Kier alpha value is -2.30. The first-order valence-corrected chi connectivity index (χ1v) is 7.92. The van der Waals surface area contributed by atoms with Gasteiger partial charge in [0.2, 0.25) is 5.91 Å². The Bertz CT molecular complexity index is 704. The van der Waals surface area contributed by atoms with Gasteiger partial charge in [-0.25, -0.2) is 0 Å². The summed E-state index contributed by atoms with van der Waals surface area (Å²) in [6.45, 7) is 0.415. The quantitative estimate of drug-likeness (QED) is 0.877. The maximum atomic E-state index is 12.5. The van der Waals surface area contributed by atoms with Gasteiger partial charge in [-0.15, -0.1) is 0 Å². The Morgan fingerprint density at radius 2 is 1.62 bits per heavy atom. The predicted molar refractivity (Wildman–Crippen MR) is 85.5 cm³/mol. The molecule has 0 radical (unpaired) electrons. The summed E-state index contributed by atoms with van der Waals surface area (Å²) in [5, 5.41) is 2.92. The second-order valence-corrected chi connectivity index (χ2v) is 6.15. The van der Waals surface area contributed by atoms with Gasteiger partial charge < -0.3 is 5.32 Å². The molecule has 0 atom stereocenters. The minimum absolute atomic E-state index is 0.000566. The molecule has 5 heteroatoms. The number of alkyl halides is 3. The van der Waals surface area contributed by atoms with Gasteiger partial charge in [-0.05, 0) is 42.5 Å². The smallest absolute Gasteiger partial charge is 0.355 e. The predicted octanol–water partition coefficient (Wildman–Crippen LogP) is 4.10. The molecule has 1 saturated carbocycles. The van der Waals surface area contributed by atoms with Crippen molar-refractivity contribution in [2.24, 2.45) is 0 Å². The Labute approximate surface area is 138 Å². The van der Waals surface area contributed by atoms with E-state index in [9.17, 15) is 18.0 Å². The molecule has 3 rings (SSSR count). The van der Waals surface area contributed by atoms with Crippen molar-refractivity contribution in [2.75, 3.05) is 6.54 Å². The monoisotopic (exact) mass is 333 g/mol. The van der Waals surface area contributed by atoms with E-state index in [0.717, 1.165) is 36.1 Å². The van der Waals surface area contributed by atoms with Gasteiger partial charge >= 0.3 is 6.18 Å². The standard InChI is InChI=1S/C19H18F3NO/c20-19(21,22)16-8-6-14(7-9-16)10-13-23-17(24)18(11-12-18)15-4-2-1-3-5-15/h1-9H,10-13H2,(H,23,24). The maximum absolute atomic E-state index is 12.5. The lowest BCUT2D eigenvalue weighted by atomic mass is 9.95. The Kier molecular flexibility index (Phi) is 4.35. The fraction of sp³-hybridized carbons (Fsp3) is 0.316. The van der Waals surface area contributed by atoms with Crippen LogP contribution < -0.4 is 5.32 Å². The third-order valence-electron chi connectivity index (χ3n) is 4.49. The summed E-state index contributed by atoms with van der Waals surface area (Å²) in [5.41, 5.74) is 0.725. The summed E-state index contributed by atoms with van der Waals surface area (Å²) < 4.78 is 37.6. The van der Waals surface area contributed by atoms with E-state index < -0.39 is 17.2 Å². The minimum atomic E-state index is -4.32. The number of nitrogens with one attached hydrogen (secondary N) is 1. The summed E-state index contributed by atoms with van der Waals surface area (Å²) in [4.78, 5) is 12.4. The fourth-order valence-corrected chi connectivity index (χ4v) is 2.88. The average molecular weight is 333 g/mol. The Morgan fingerprint density at radius 3 is 2.17 bits per heavy atom. The summed E-state index contributed by atoms with van der Waals surface area (Å²) >= 11 is 0. The summed E-state index contributed by atoms with van der Waals surface area (Å²) in [6, 6.07) is 14.7. The van der Waals surface area contributed by atoms with Crippen LogP contribution in [0.2, 0.25) is 0 Å². The van der Waals surface area contributed by atoms with Gasteiger partial charge in [0.05, 0.1) is 11.0 Å². The van der Waals surface area contributed by atoms with Crippen LogP contribution in [0.25, 0.3) is 0 Å². The molecule has 1 fully saturated rings. The van der Waals surface area contributed by atoms with E-state index >= 15 is 0 Å². The van der Waals surface area contributed by atoms with Crippen LogP contribution in [0.3, 0.4) is 0 Å². The molecule has 24 heavy (non-hydrogen) atoms. The SMILES string of the molecule is O=C(NCCc1ccc(C(F)(F)F)cc1)C1(c2ccccc2)CC1. The van der Waals surface area contributed by atoms with Crippen molar-refractivity contribution < 1.29 is 18.0 Å². The number of carbonyl (C=O) groups excluding carboxylic acids is 1. The van der Waals surface area contributed by atoms with Crippen molar-refractivity contribution in [3.05, 3.63) is 71.3 Å². The van der Waals surface area contributed by atoms with Crippen molar-refractivity contribution in [1.29, 1.82) is 0 Å². The van der Waals surface area contributed by atoms with Gasteiger partial charge in [0, 0.05) is 6.54 Å². The van der Waals surface area contributed by atoms with Crippen molar-refractivity contribution >= 4 is 5.91 Å². The maximum Gasteiger partial charge on any atom is 0.416 e. The van der Waals surface area contributed by atoms with E-state index in [1.807, 2.05) is 30.3 Å². The van der Waals surface area contributed by atoms with E-state index in [2.05, 4.69) is 5.32 Å². The van der Waals surface area contributed by atoms with Crippen LogP contribution in [0.15, 0.2) is 54.6 Å². The van der Waals surface area contributed by atoms with Crippen LogP contribution in [0.5, 0.6) is 0 Å². The van der Waals surface area contributed by atoms with Gasteiger partial charge in [-0.2, -0.15) is 13.2 Å². The molecule has 2 nitrogen and oxygen atoms in total. The highest BCUT2D eigenvalue weighted by Crippen LogP contribution is 2.48. The largest absolute Gasteiger partial charge is 0.416 e. The summed E-state index contributed by atoms with van der Waals surface area (Å²) in [7, 11) is 0. The molecule has 1 aliphatic rings. The first-order chi connectivity index (χ1) is 11.4. The highest BCUT2D eigenvalue weighted by atomic mass is 19.4. The van der Waals surface area contributed by atoms with Gasteiger partial charge in [0.1, 0.15) is 0 Å². The highest BCUT2D eigenvalue weighted by molar-refractivity contribution is 5.91. The van der Waals surface area contributed by atoms with Crippen molar-refractivity contribution in [1.82, 2.24) is 5.32 Å². The number of rotatable bonds is 5. The Morgan fingerprint density at radius 1 is 1.00 bits per heavy atom. The zero-order valence-electron chi connectivity index (χ0n) is 13.1. The van der Waals surface area contributed by atoms with Gasteiger partial charge in [0.15, 0.2) is 0 Å². The number of hydrogen-bond acceptors (Lipinski definition) is 1. The number of hydrogen-bond donors (Lipinski definition) is 1. The van der Waals surface area contributed by atoms with Crippen molar-refractivity contribution in [3.8, 4) is 0 Å². The van der Waals surface area contributed by atoms with Crippen molar-refractivity contribution in [3.63, 3.8) is 0 Å². The van der Waals surface area contributed by atoms with Gasteiger partial charge in [-0.3, -0.25) is 4.79 Å². The molecular formula is C19H18F3NO. The lowest BCUT2D eigenvalue weighted by Crippen LogP contribution is -2.35. The second-order valence-electron chi connectivity index (χ2n) is 6.15. The number of halogens is 3. The molecule has 0 saturated heterocycles. The minimum Gasteiger partial charge on any atom is -0.355 e. The molecule has 0 aromatic heterocycles. The summed E-state index contributed by atoms with van der Waals surface area (Å²) in [5.74, 6) is 0.000566. The van der Waals surface area contributed by atoms with Gasteiger partial charge in [0.25, 0.3) is 0 Å². The number of benzene rings is 2. The lowest BCUT2D eigenvalue weighted by molar-refractivity contribution is -0.137. The van der Waals surface area contributed by atoms with Crippen LogP contribution in [-0.4, -0.2) is 12.5 Å². The van der Waals surface area contributed by atoms with Crippen LogP contribution in [0, 0.1) is 0 Å². The lowest BCUT2D eigenvalue weighted by Gasteiger charge is -2.16. The highest BCUT2D eigenvalue weighted by Gasteiger charge is 2.50. The van der Waals surface area contributed by atoms with Crippen LogP contribution in [0.1, 0.15) is 29.5 Å². The topological polar surface area (TPSA) is 29.1 Å². The Balaban J connectivity index is 1.54. The molecular weight excluding hydrogens is 315 g/mol. The third-order valence-corrected chi connectivity index (χ3v) is 4.49. The number of carbonyl (C=O) groups is 1. The normalized spacial score (nSPS) is 15.8. The molecule has 0 aliphatic heterocycles. The van der Waals surface area contributed by atoms with Crippen molar-refractivity contribution in [2.45, 2.75) is 30.9 Å². The van der Waals surface area contributed by atoms with Crippen LogP contribution in [-0.2, 0) is 22.8 Å². The molecule has 1 N–H and O–H groups in total. The first kappa shape index (κ1) is 16.6.